The third kappa shape index (κ3) is 3.33. The molecule has 0 bridgehead atoms. The van der Waals surface area contributed by atoms with Crippen molar-refractivity contribution in [2.24, 2.45) is 5.41 Å². The first kappa shape index (κ1) is 14.3. The maximum Gasteiger partial charge on any atom is 0.409 e. The number of rotatable bonds is 4. The molecule has 5 nitrogen and oxygen atoms in total. The van der Waals surface area contributed by atoms with E-state index in [1.165, 1.54) is 4.90 Å². The van der Waals surface area contributed by atoms with Gasteiger partial charge in [0.15, 0.2) is 0 Å². The van der Waals surface area contributed by atoms with Crippen LogP contribution in [0.1, 0.15) is 34.1 Å². The van der Waals surface area contributed by atoms with Gasteiger partial charge in [-0.25, -0.2) is 4.79 Å². The van der Waals surface area contributed by atoms with Gasteiger partial charge in [0.25, 0.3) is 0 Å². The van der Waals surface area contributed by atoms with Gasteiger partial charge in [-0.15, -0.1) is 0 Å². The molecule has 1 N–H and O–H groups in total. The number of methoxy groups -OCH3 is 1. The van der Waals surface area contributed by atoms with Crippen LogP contribution < -0.4 is 0 Å². The molecule has 1 fully saturated rings. The van der Waals surface area contributed by atoms with Crippen molar-refractivity contribution < 1.29 is 19.4 Å². The van der Waals surface area contributed by atoms with Crippen LogP contribution in [0.5, 0.6) is 0 Å². The molecule has 1 rings (SSSR count). The Morgan fingerprint density at radius 1 is 1.59 bits per heavy atom. The number of hydrogen-bond donors (Lipinski definition) is 1. The molecule has 0 spiro atoms. The van der Waals surface area contributed by atoms with E-state index in [2.05, 4.69) is 13.8 Å². The molecule has 0 aromatic heterocycles. The van der Waals surface area contributed by atoms with Gasteiger partial charge in [-0.1, -0.05) is 13.8 Å². The second kappa shape index (κ2) is 4.82. The van der Waals surface area contributed by atoms with Crippen molar-refractivity contribution in [3.8, 4) is 0 Å². The number of carboxylic acid groups (broad SMARTS) is 1. The molecule has 0 aromatic carbocycles. The molecule has 1 amide bonds. The lowest BCUT2D eigenvalue weighted by Crippen LogP contribution is -2.48. The summed E-state index contributed by atoms with van der Waals surface area (Å²) in [5.74, 6) is 0. The SMILES string of the molecule is COCC(C)(C)CC1COC(C)(C)N1C(=O)O. The molecule has 1 saturated heterocycles. The summed E-state index contributed by atoms with van der Waals surface area (Å²) in [6.45, 7) is 8.77. The van der Waals surface area contributed by atoms with Crippen molar-refractivity contribution in [3.05, 3.63) is 0 Å². The number of carbonyl (C=O) groups is 1. The average molecular weight is 245 g/mol. The van der Waals surface area contributed by atoms with Crippen LogP contribution in [0, 0.1) is 5.41 Å². The van der Waals surface area contributed by atoms with Gasteiger partial charge in [-0.05, 0) is 25.7 Å². The van der Waals surface area contributed by atoms with E-state index in [0.29, 0.717) is 13.2 Å². The largest absolute Gasteiger partial charge is 0.465 e. The van der Waals surface area contributed by atoms with E-state index in [4.69, 9.17) is 9.47 Å². The van der Waals surface area contributed by atoms with Gasteiger partial charge in [0.2, 0.25) is 0 Å². The van der Waals surface area contributed by atoms with Crippen LogP contribution in [-0.2, 0) is 9.47 Å². The molecule has 5 heteroatoms. The van der Waals surface area contributed by atoms with Crippen molar-refractivity contribution in [2.75, 3.05) is 20.3 Å². The van der Waals surface area contributed by atoms with E-state index in [9.17, 15) is 9.90 Å². The van der Waals surface area contributed by atoms with E-state index in [1.807, 2.05) is 0 Å². The van der Waals surface area contributed by atoms with Crippen LogP contribution in [0.3, 0.4) is 0 Å². The molecule has 1 atom stereocenters. The number of hydrogen-bond acceptors (Lipinski definition) is 3. The van der Waals surface area contributed by atoms with E-state index in [1.54, 1.807) is 21.0 Å². The van der Waals surface area contributed by atoms with E-state index in [-0.39, 0.29) is 11.5 Å². The van der Waals surface area contributed by atoms with Crippen LogP contribution in [-0.4, -0.2) is 48.2 Å². The fourth-order valence-electron chi connectivity index (χ4n) is 2.51. The highest BCUT2D eigenvalue weighted by atomic mass is 16.5. The van der Waals surface area contributed by atoms with Crippen LogP contribution in [0.25, 0.3) is 0 Å². The average Bonchev–Trinajstić information content (AvgIpc) is 2.39. The van der Waals surface area contributed by atoms with Gasteiger partial charge < -0.3 is 14.6 Å². The quantitative estimate of drug-likeness (QED) is 0.824. The normalized spacial score (nSPS) is 24.1. The van der Waals surface area contributed by atoms with Crippen LogP contribution >= 0.6 is 0 Å². The van der Waals surface area contributed by atoms with Gasteiger partial charge in [-0.3, -0.25) is 4.90 Å². The van der Waals surface area contributed by atoms with E-state index < -0.39 is 11.8 Å². The van der Waals surface area contributed by atoms with Gasteiger partial charge >= 0.3 is 6.09 Å². The summed E-state index contributed by atoms with van der Waals surface area (Å²) < 4.78 is 10.7. The maximum absolute atomic E-state index is 11.3. The minimum Gasteiger partial charge on any atom is -0.465 e. The minimum atomic E-state index is -0.925. The van der Waals surface area contributed by atoms with Crippen LogP contribution in [0.2, 0.25) is 0 Å². The lowest BCUT2D eigenvalue weighted by atomic mass is 9.86. The lowest BCUT2D eigenvalue weighted by Gasteiger charge is -2.34. The monoisotopic (exact) mass is 245 g/mol. The molecular weight excluding hydrogens is 222 g/mol. The van der Waals surface area contributed by atoms with E-state index >= 15 is 0 Å². The van der Waals surface area contributed by atoms with Crippen LogP contribution in [0.4, 0.5) is 4.79 Å². The Labute approximate surface area is 103 Å². The highest BCUT2D eigenvalue weighted by Crippen LogP contribution is 2.34. The van der Waals surface area contributed by atoms with Crippen LogP contribution in [0.15, 0.2) is 0 Å². The molecular formula is C12H23NO4. The molecule has 0 saturated carbocycles. The Balaban J connectivity index is 2.75. The summed E-state index contributed by atoms with van der Waals surface area (Å²) in [5.41, 5.74) is -0.795. The number of ether oxygens (including phenoxy) is 2. The third-order valence-electron chi connectivity index (χ3n) is 3.10. The highest BCUT2D eigenvalue weighted by molar-refractivity contribution is 5.66. The molecule has 1 heterocycles. The van der Waals surface area contributed by atoms with Crippen molar-refractivity contribution in [1.29, 1.82) is 0 Å². The maximum atomic E-state index is 11.3. The lowest BCUT2D eigenvalue weighted by molar-refractivity contribution is -0.0434. The fraction of sp³-hybridized carbons (Fsp3) is 0.917. The summed E-state index contributed by atoms with van der Waals surface area (Å²) in [6.07, 6.45) is -0.193. The first-order valence-electron chi connectivity index (χ1n) is 5.85. The Morgan fingerprint density at radius 3 is 2.65 bits per heavy atom. The first-order valence-corrected chi connectivity index (χ1v) is 5.85. The predicted molar refractivity (Wildman–Crippen MR) is 64.0 cm³/mol. The van der Waals surface area contributed by atoms with Crippen molar-refractivity contribution in [3.63, 3.8) is 0 Å². The van der Waals surface area contributed by atoms with E-state index in [0.717, 1.165) is 6.42 Å². The second-order valence-electron chi connectivity index (χ2n) is 5.87. The number of nitrogens with zero attached hydrogens (tertiary/aromatic N) is 1. The topological polar surface area (TPSA) is 59.0 Å². The Morgan fingerprint density at radius 2 is 2.18 bits per heavy atom. The summed E-state index contributed by atoms with van der Waals surface area (Å²) in [7, 11) is 1.66. The fourth-order valence-corrected chi connectivity index (χ4v) is 2.51. The molecule has 1 unspecified atom stereocenters. The zero-order valence-electron chi connectivity index (χ0n) is 11.3. The summed E-state index contributed by atoms with van der Waals surface area (Å²) >= 11 is 0. The van der Waals surface area contributed by atoms with Gasteiger partial charge in [0, 0.05) is 7.11 Å². The zero-order valence-corrected chi connectivity index (χ0v) is 11.3. The molecule has 17 heavy (non-hydrogen) atoms. The summed E-state index contributed by atoms with van der Waals surface area (Å²) in [5, 5.41) is 9.26. The Hall–Kier alpha value is -0.810. The zero-order chi connectivity index (χ0) is 13.3. The van der Waals surface area contributed by atoms with Crippen molar-refractivity contribution >= 4 is 6.09 Å². The smallest absolute Gasteiger partial charge is 0.409 e. The second-order valence-corrected chi connectivity index (χ2v) is 5.87. The summed E-state index contributed by atoms with van der Waals surface area (Å²) in [6, 6.07) is -0.104. The third-order valence-corrected chi connectivity index (χ3v) is 3.10. The molecule has 1 aliphatic rings. The highest BCUT2D eigenvalue weighted by Gasteiger charge is 2.45. The standard InChI is InChI=1S/C12H23NO4/c1-11(2,8-16-5)6-9-7-17-12(3,4)13(9)10(14)15/h9H,6-8H2,1-5H3,(H,14,15). The first-order chi connectivity index (χ1) is 7.69. The molecule has 1 aliphatic heterocycles. The van der Waals surface area contributed by atoms with Gasteiger partial charge in [0.1, 0.15) is 5.72 Å². The Kier molecular flexibility index (Phi) is 4.04. The number of amides is 1. The van der Waals surface area contributed by atoms with Crippen molar-refractivity contribution in [1.82, 2.24) is 4.90 Å². The minimum absolute atomic E-state index is 0.0586. The molecule has 0 radical (unpaired) electrons. The molecule has 100 valence electrons. The Bertz CT molecular complexity index is 288. The predicted octanol–water partition coefficient (Wildman–Crippen LogP) is 2.16. The molecule has 0 aromatic rings. The van der Waals surface area contributed by atoms with Crippen molar-refractivity contribution in [2.45, 2.75) is 45.9 Å². The molecule has 0 aliphatic carbocycles. The van der Waals surface area contributed by atoms with Gasteiger partial charge in [0.05, 0.1) is 19.3 Å². The summed E-state index contributed by atoms with van der Waals surface area (Å²) in [4.78, 5) is 12.7. The van der Waals surface area contributed by atoms with Gasteiger partial charge in [-0.2, -0.15) is 0 Å².